The van der Waals surface area contributed by atoms with Gasteiger partial charge in [-0.3, -0.25) is 0 Å². The van der Waals surface area contributed by atoms with E-state index in [4.69, 9.17) is 5.73 Å². The van der Waals surface area contributed by atoms with Gasteiger partial charge >= 0.3 is 0 Å². The van der Waals surface area contributed by atoms with Gasteiger partial charge in [0.15, 0.2) is 0 Å². The zero-order chi connectivity index (χ0) is 13.1. The zero-order valence-electron chi connectivity index (χ0n) is 10.5. The fraction of sp³-hybridized carbons (Fsp3) is 0.0625. The van der Waals surface area contributed by atoms with Gasteiger partial charge in [0.1, 0.15) is 5.82 Å². The van der Waals surface area contributed by atoms with Crippen molar-refractivity contribution in [2.24, 2.45) is 0 Å². The van der Waals surface area contributed by atoms with Gasteiger partial charge in [0.05, 0.1) is 5.69 Å². The van der Waals surface area contributed by atoms with E-state index in [1.54, 1.807) is 6.20 Å². The van der Waals surface area contributed by atoms with Gasteiger partial charge < -0.3 is 11.1 Å². The van der Waals surface area contributed by atoms with Crippen molar-refractivity contribution in [2.75, 3.05) is 11.1 Å². The average molecular weight is 249 g/mol. The number of hydrogen-bond donors (Lipinski definition) is 2. The molecule has 0 aliphatic rings. The van der Waals surface area contributed by atoms with Crippen molar-refractivity contribution in [1.82, 2.24) is 4.98 Å². The molecule has 0 atom stereocenters. The predicted molar refractivity (Wildman–Crippen MR) is 79.9 cm³/mol. The van der Waals surface area contributed by atoms with Crippen LogP contribution in [0.4, 0.5) is 11.5 Å². The number of hydrogen-bond acceptors (Lipinski definition) is 3. The summed E-state index contributed by atoms with van der Waals surface area (Å²) in [5, 5.41) is 5.85. The van der Waals surface area contributed by atoms with Crippen LogP contribution in [0.25, 0.3) is 10.8 Å². The number of anilines is 2. The van der Waals surface area contributed by atoms with Crippen LogP contribution in [0.3, 0.4) is 0 Å². The molecular formula is C16H15N3. The Bertz CT molecular complexity index is 702. The summed E-state index contributed by atoms with van der Waals surface area (Å²) in [6.07, 6.45) is 1.69. The number of nitrogens with one attached hydrogen (secondary N) is 1. The number of nitrogen functional groups attached to an aromatic ring is 1. The minimum Gasteiger partial charge on any atom is -0.382 e. The van der Waals surface area contributed by atoms with Gasteiger partial charge in [0, 0.05) is 12.7 Å². The minimum absolute atomic E-state index is 0.530. The Hall–Kier alpha value is -2.55. The Morgan fingerprint density at radius 3 is 2.68 bits per heavy atom. The first kappa shape index (κ1) is 11.5. The molecule has 0 bridgehead atoms. The smallest absolute Gasteiger partial charge is 0.146 e. The number of pyridine rings is 1. The van der Waals surface area contributed by atoms with Gasteiger partial charge in [-0.2, -0.15) is 0 Å². The van der Waals surface area contributed by atoms with Crippen LogP contribution in [-0.2, 0) is 6.54 Å². The van der Waals surface area contributed by atoms with Gasteiger partial charge in [0.25, 0.3) is 0 Å². The van der Waals surface area contributed by atoms with E-state index in [1.807, 2.05) is 12.1 Å². The molecule has 0 spiro atoms. The minimum atomic E-state index is 0.530. The van der Waals surface area contributed by atoms with E-state index in [0.717, 1.165) is 12.2 Å². The Labute approximate surface area is 112 Å². The summed E-state index contributed by atoms with van der Waals surface area (Å²) in [6.45, 7) is 0.733. The Kier molecular flexibility index (Phi) is 3.02. The maximum atomic E-state index is 5.82. The Morgan fingerprint density at radius 1 is 0.947 bits per heavy atom. The molecule has 3 N–H and O–H groups in total. The molecule has 0 amide bonds. The Morgan fingerprint density at radius 2 is 1.79 bits per heavy atom. The fourth-order valence-electron chi connectivity index (χ4n) is 2.20. The summed E-state index contributed by atoms with van der Waals surface area (Å²) in [4.78, 5) is 4.07. The van der Waals surface area contributed by atoms with E-state index in [1.165, 1.54) is 16.3 Å². The molecule has 0 aliphatic carbocycles. The number of fused-ring (bicyclic) bond motifs is 1. The molecule has 3 heteroatoms. The van der Waals surface area contributed by atoms with Gasteiger partial charge in [0.2, 0.25) is 0 Å². The molecule has 0 saturated heterocycles. The number of aromatic nitrogens is 1. The maximum absolute atomic E-state index is 5.82. The third kappa shape index (κ3) is 2.36. The number of rotatable bonds is 3. The van der Waals surface area contributed by atoms with Gasteiger partial charge in [-0.25, -0.2) is 4.98 Å². The van der Waals surface area contributed by atoms with Crippen LogP contribution in [0, 0.1) is 0 Å². The van der Waals surface area contributed by atoms with Crippen LogP contribution in [0.15, 0.2) is 60.8 Å². The molecule has 2 aromatic carbocycles. The zero-order valence-corrected chi connectivity index (χ0v) is 10.5. The van der Waals surface area contributed by atoms with Crippen molar-refractivity contribution in [2.45, 2.75) is 6.54 Å². The quantitative estimate of drug-likeness (QED) is 0.747. The van der Waals surface area contributed by atoms with Crippen molar-refractivity contribution in [3.05, 3.63) is 66.4 Å². The highest BCUT2D eigenvalue weighted by Gasteiger charge is 2.02. The van der Waals surface area contributed by atoms with Gasteiger partial charge in [-0.15, -0.1) is 0 Å². The molecule has 0 unspecified atom stereocenters. The highest BCUT2D eigenvalue weighted by atomic mass is 14.9. The van der Waals surface area contributed by atoms with E-state index in [0.29, 0.717) is 5.82 Å². The molecule has 0 radical (unpaired) electrons. The second-order valence-corrected chi connectivity index (χ2v) is 4.43. The lowest BCUT2D eigenvalue weighted by atomic mass is 10.0. The predicted octanol–water partition coefficient (Wildman–Crippen LogP) is 3.43. The number of nitrogens with zero attached hydrogens (tertiary/aromatic N) is 1. The van der Waals surface area contributed by atoms with Gasteiger partial charge in [-0.05, 0) is 28.5 Å². The molecular weight excluding hydrogens is 234 g/mol. The first-order chi connectivity index (χ1) is 9.34. The molecule has 0 aliphatic heterocycles. The molecule has 3 aromatic rings. The number of benzene rings is 2. The summed E-state index contributed by atoms with van der Waals surface area (Å²) in [6, 6.07) is 18.5. The van der Waals surface area contributed by atoms with Crippen molar-refractivity contribution in [1.29, 1.82) is 0 Å². The molecule has 3 nitrogen and oxygen atoms in total. The third-order valence-electron chi connectivity index (χ3n) is 3.19. The summed E-state index contributed by atoms with van der Waals surface area (Å²) >= 11 is 0. The highest BCUT2D eigenvalue weighted by Crippen LogP contribution is 2.21. The molecule has 0 saturated carbocycles. The second kappa shape index (κ2) is 4.98. The molecule has 1 aromatic heterocycles. The normalized spacial score (nSPS) is 10.5. The fourth-order valence-corrected chi connectivity index (χ4v) is 2.20. The maximum Gasteiger partial charge on any atom is 0.146 e. The highest BCUT2D eigenvalue weighted by molar-refractivity contribution is 5.85. The molecule has 94 valence electrons. The molecule has 0 fully saturated rings. The van der Waals surface area contributed by atoms with E-state index in [2.05, 4.69) is 52.8 Å². The van der Waals surface area contributed by atoms with Crippen molar-refractivity contribution in [3.8, 4) is 0 Å². The SMILES string of the molecule is Nc1ncccc1NCc1cccc2ccccc12. The topological polar surface area (TPSA) is 50.9 Å². The molecule has 1 heterocycles. The first-order valence-corrected chi connectivity index (χ1v) is 6.25. The van der Waals surface area contributed by atoms with Crippen LogP contribution in [0.2, 0.25) is 0 Å². The molecule has 19 heavy (non-hydrogen) atoms. The van der Waals surface area contributed by atoms with Crippen LogP contribution in [-0.4, -0.2) is 4.98 Å². The van der Waals surface area contributed by atoms with E-state index in [9.17, 15) is 0 Å². The van der Waals surface area contributed by atoms with E-state index >= 15 is 0 Å². The summed E-state index contributed by atoms with van der Waals surface area (Å²) in [7, 11) is 0. The standard InChI is InChI=1S/C16H15N3/c17-16-15(9-4-10-18-16)19-11-13-7-3-6-12-5-1-2-8-14(12)13/h1-10,19H,11H2,(H2,17,18). The van der Waals surface area contributed by atoms with E-state index in [-0.39, 0.29) is 0 Å². The lowest BCUT2D eigenvalue weighted by molar-refractivity contribution is 1.16. The van der Waals surface area contributed by atoms with E-state index < -0.39 is 0 Å². The largest absolute Gasteiger partial charge is 0.382 e. The summed E-state index contributed by atoms with van der Waals surface area (Å²) < 4.78 is 0. The lowest BCUT2D eigenvalue weighted by Crippen LogP contribution is -2.03. The van der Waals surface area contributed by atoms with Crippen molar-refractivity contribution in [3.63, 3.8) is 0 Å². The third-order valence-corrected chi connectivity index (χ3v) is 3.19. The molecule has 3 rings (SSSR count). The van der Waals surface area contributed by atoms with Gasteiger partial charge in [-0.1, -0.05) is 42.5 Å². The average Bonchev–Trinajstić information content (AvgIpc) is 2.46. The van der Waals surface area contributed by atoms with Crippen LogP contribution in [0.1, 0.15) is 5.56 Å². The summed E-state index contributed by atoms with van der Waals surface area (Å²) in [5.74, 6) is 0.530. The second-order valence-electron chi connectivity index (χ2n) is 4.43. The lowest BCUT2D eigenvalue weighted by Gasteiger charge is -2.10. The van der Waals surface area contributed by atoms with Crippen LogP contribution in [0.5, 0.6) is 0 Å². The van der Waals surface area contributed by atoms with Crippen LogP contribution >= 0.6 is 0 Å². The Balaban J connectivity index is 1.88. The summed E-state index contributed by atoms with van der Waals surface area (Å²) in [5.41, 5.74) is 7.95. The van der Waals surface area contributed by atoms with Crippen molar-refractivity contribution < 1.29 is 0 Å². The van der Waals surface area contributed by atoms with Crippen LogP contribution < -0.4 is 11.1 Å². The number of nitrogens with two attached hydrogens (primary N) is 1. The monoisotopic (exact) mass is 249 g/mol. The van der Waals surface area contributed by atoms with Crippen molar-refractivity contribution >= 4 is 22.3 Å². The first-order valence-electron chi connectivity index (χ1n) is 6.25.